The quantitative estimate of drug-likeness (QED) is 0.680. The van der Waals surface area contributed by atoms with Gasteiger partial charge in [-0.2, -0.15) is 0 Å². The van der Waals surface area contributed by atoms with E-state index in [2.05, 4.69) is 5.32 Å². The van der Waals surface area contributed by atoms with E-state index in [-0.39, 0.29) is 11.7 Å². The standard InChI is InChI=1S/C16H17IN2O2/c17-14-6-5-13(9-15(14)20)16(21)19-10-12-3-1-11(2-4-12)7-8-18/h1-6,9,20H,7-8,10,18H2,(H,19,21). The van der Waals surface area contributed by atoms with E-state index < -0.39 is 0 Å². The van der Waals surface area contributed by atoms with Crippen LogP contribution in [0.3, 0.4) is 0 Å². The predicted octanol–water partition coefficient (Wildman–Crippen LogP) is 2.43. The molecule has 0 atom stereocenters. The van der Waals surface area contributed by atoms with E-state index in [1.54, 1.807) is 12.1 Å². The molecule has 0 unspecified atom stereocenters. The molecule has 2 rings (SSSR count). The minimum absolute atomic E-state index is 0.120. The van der Waals surface area contributed by atoms with Gasteiger partial charge < -0.3 is 16.2 Å². The third kappa shape index (κ3) is 4.44. The molecule has 4 nitrogen and oxygen atoms in total. The predicted molar refractivity (Wildman–Crippen MR) is 91.2 cm³/mol. The number of phenols is 1. The van der Waals surface area contributed by atoms with Crippen LogP contribution in [0.2, 0.25) is 0 Å². The molecule has 5 heteroatoms. The van der Waals surface area contributed by atoms with Crippen LogP contribution in [0.25, 0.3) is 0 Å². The summed E-state index contributed by atoms with van der Waals surface area (Å²) in [5.41, 5.74) is 8.17. The topological polar surface area (TPSA) is 75.3 Å². The average Bonchev–Trinajstić information content (AvgIpc) is 2.49. The molecule has 0 aliphatic heterocycles. The Balaban J connectivity index is 1.95. The summed E-state index contributed by atoms with van der Waals surface area (Å²) < 4.78 is 0.722. The molecule has 2 aromatic carbocycles. The largest absolute Gasteiger partial charge is 0.507 e. The zero-order valence-electron chi connectivity index (χ0n) is 11.5. The van der Waals surface area contributed by atoms with Crippen molar-refractivity contribution in [2.45, 2.75) is 13.0 Å². The molecule has 1 amide bonds. The van der Waals surface area contributed by atoms with Crippen molar-refractivity contribution in [2.75, 3.05) is 6.54 Å². The molecule has 0 saturated heterocycles. The Kier molecular flexibility index (Phi) is 5.58. The lowest BCUT2D eigenvalue weighted by atomic mass is 10.1. The second-order valence-corrected chi connectivity index (χ2v) is 5.87. The first-order valence-electron chi connectivity index (χ1n) is 6.65. The van der Waals surface area contributed by atoms with E-state index in [0.29, 0.717) is 18.7 Å². The second kappa shape index (κ2) is 7.42. The van der Waals surface area contributed by atoms with E-state index in [0.717, 1.165) is 15.6 Å². The number of carbonyl (C=O) groups excluding carboxylic acids is 1. The van der Waals surface area contributed by atoms with Gasteiger partial charge in [-0.15, -0.1) is 0 Å². The molecule has 0 aromatic heterocycles. The highest BCUT2D eigenvalue weighted by Gasteiger charge is 2.07. The highest BCUT2D eigenvalue weighted by Crippen LogP contribution is 2.20. The maximum Gasteiger partial charge on any atom is 0.251 e. The fourth-order valence-electron chi connectivity index (χ4n) is 1.93. The van der Waals surface area contributed by atoms with E-state index in [1.807, 2.05) is 46.9 Å². The molecule has 21 heavy (non-hydrogen) atoms. The van der Waals surface area contributed by atoms with Crippen LogP contribution in [0.1, 0.15) is 21.5 Å². The Morgan fingerprint density at radius 3 is 2.43 bits per heavy atom. The number of halogens is 1. The average molecular weight is 396 g/mol. The van der Waals surface area contributed by atoms with Crippen molar-refractivity contribution < 1.29 is 9.90 Å². The van der Waals surface area contributed by atoms with Gasteiger partial charge >= 0.3 is 0 Å². The van der Waals surface area contributed by atoms with Crippen LogP contribution in [0.4, 0.5) is 0 Å². The summed E-state index contributed by atoms with van der Waals surface area (Å²) in [7, 11) is 0. The van der Waals surface area contributed by atoms with E-state index >= 15 is 0 Å². The lowest BCUT2D eigenvalue weighted by molar-refractivity contribution is 0.0950. The van der Waals surface area contributed by atoms with Crippen LogP contribution in [-0.4, -0.2) is 17.6 Å². The molecule has 0 aliphatic rings. The van der Waals surface area contributed by atoms with Gasteiger partial charge in [0.1, 0.15) is 5.75 Å². The molecule has 4 N–H and O–H groups in total. The maximum absolute atomic E-state index is 12.0. The number of aromatic hydroxyl groups is 1. The van der Waals surface area contributed by atoms with Crippen molar-refractivity contribution in [3.8, 4) is 5.75 Å². The van der Waals surface area contributed by atoms with Crippen LogP contribution in [0.5, 0.6) is 5.75 Å². The fraction of sp³-hybridized carbons (Fsp3) is 0.188. The van der Waals surface area contributed by atoms with Crippen molar-refractivity contribution in [2.24, 2.45) is 5.73 Å². The van der Waals surface area contributed by atoms with E-state index in [9.17, 15) is 9.90 Å². The molecule has 0 fully saturated rings. The Labute approximate surface area is 137 Å². The number of amides is 1. The lowest BCUT2D eigenvalue weighted by Gasteiger charge is -2.07. The molecule has 110 valence electrons. The number of benzene rings is 2. The van der Waals surface area contributed by atoms with Crippen molar-refractivity contribution in [3.63, 3.8) is 0 Å². The van der Waals surface area contributed by atoms with Gasteiger partial charge in [0, 0.05) is 12.1 Å². The smallest absolute Gasteiger partial charge is 0.251 e. The molecule has 0 heterocycles. The van der Waals surface area contributed by atoms with Crippen LogP contribution in [0.15, 0.2) is 42.5 Å². The minimum atomic E-state index is -0.201. The van der Waals surface area contributed by atoms with Gasteiger partial charge in [-0.3, -0.25) is 4.79 Å². The maximum atomic E-state index is 12.0. The van der Waals surface area contributed by atoms with Gasteiger partial charge in [0.25, 0.3) is 5.91 Å². The highest BCUT2D eigenvalue weighted by molar-refractivity contribution is 14.1. The van der Waals surface area contributed by atoms with Gasteiger partial charge in [-0.1, -0.05) is 24.3 Å². The van der Waals surface area contributed by atoms with Crippen LogP contribution in [-0.2, 0) is 13.0 Å². The number of nitrogens with two attached hydrogens (primary N) is 1. The van der Waals surface area contributed by atoms with Gasteiger partial charge in [0.05, 0.1) is 3.57 Å². The Morgan fingerprint density at radius 1 is 1.14 bits per heavy atom. The Hall–Kier alpha value is -1.60. The number of carbonyl (C=O) groups is 1. The summed E-state index contributed by atoms with van der Waals surface area (Å²) in [6, 6.07) is 12.9. The normalized spacial score (nSPS) is 10.4. The molecular weight excluding hydrogens is 379 g/mol. The summed E-state index contributed by atoms with van der Waals surface area (Å²) >= 11 is 2.01. The Bertz CT molecular complexity index is 627. The van der Waals surface area contributed by atoms with Crippen molar-refractivity contribution in [3.05, 3.63) is 62.7 Å². The number of rotatable bonds is 5. The molecule has 0 spiro atoms. The fourth-order valence-corrected chi connectivity index (χ4v) is 2.26. The zero-order valence-corrected chi connectivity index (χ0v) is 13.6. The van der Waals surface area contributed by atoms with E-state index in [4.69, 9.17) is 5.73 Å². The van der Waals surface area contributed by atoms with Crippen molar-refractivity contribution in [1.82, 2.24) is 5.32 Å². The SMILES string of the molecule is NCCc1ccc(CNC(=O)c2ccc(I)c(O)c2)cc1. The van der Waals surface area contributed by atoms with Crippen LogP contribution >= 0.6 is 22.6 Å². The number of hydrogen-bond acceptors (Lipinski definition) is 3. The summed E-state index contributed by atoms with van der Waals surface area (Å²) in [4.78, 5) is 12.0. The first-order valence-corrected chi connectivity index (χ1v) is 7.72. The molecule has 0 radical (unpaired) electrons. The summed E-state index contributed by atoms with van der Waals surface area (Å²) in [6.07, 6.45) is 0.856. The van der Waals surface area contributed by atoms with Gasteiger partial charge in [0.2, 0.25) is 0 Å². The number of nitrogens with one attached hydrogen (secondary N) is 1. The summed E-state index contributed by atoms with van der Waals surface area (Å²) in [6.45, 7) is 1.08. The van der Waals surface area contributed by atoms with Crippen molar-refractivity contribution >= 4 is 28.5 Å². The third-order valence-electron chi connectivity index (χ3n) is 3.12. The first kappa shape index (κ1) is 15.8. The molecule has 2 aromatic rings. The van der Waals surface area contributed by atoms with Crippen molar-refractivity contribution in [1.29, 1.82) is 0 Å². The molecule has 0 saturated carbocycles. The number of phenolic OH excluding ortho intramolecular Hbond substituents is 1. The van der Waals surface area contributed by atoms with Crippen LogP contribution < -0.4 is 11.1 Å². The molecule has 0 aliphatic carbocycles. The van der Waals surface area contributed by atoms with Gasteiger partial charge in [0.15, 0.2) is 0 Å². The third-order valence-corrected chi connectivity index (χ3v) is 4.03. The Morgan fingerprint density at radius 2 is 1.81 bits per heavy atom. The minimum Gasteiger partial charge on any atom is -0.507 e. The monoisotopic (exact) mass is 396 g/mol. The van der Waals surface area contributed by atoms with E-state index in [1.165, 1.54) is 11.6 Å². The first-order chi connectivity index (χ1) is 10.1. The summed E-state index contributed by atoms with van der Waals surface area (Å²) in [5.74, 6) is -0.0814. The summed E-state index contributed by atoms with van der Waals surface area (Å²) in [5, 5.41) is 12.5. The lowest BCUT2D eigenvalue weighted by Crippen LogP contribution is -2.22. The zero-order chi connectivity index (χ0) is 15.2. The molecule has 0 bridgehead atoms. The highest BCUT2D eigenvalue weighted by atomic mass is 127. The number of hydrogen-bond donors (Lipinski definition) is 3. The molecular formula is C16H17IN2O2. The van der Waals surface area contributed by atoms with Crippen LogP contribution in [0, 0.1) is 3.57 Å². The van der Waals surface area contributed by atoms with Gasteiger partial charge in [-0.05, 0) is 64.9 Å². The van der Waals surface area contributed by atoms with Gasteiger partial charge in [-0.25, -0.2) is 0 Å². The second-order valence-electron chi connectivity index (χ2n) is 4.70.